The highest BCUT2D eigenvalue weighted by atomic mass is 19.1. The molecule has 0 unspecified atom stereocenters. The zero-order valence-electron chi connectivity index (χ0n) is 13.7. The number of aromatic nitrogens is 4. The van der Waals surface area contributed by atoms with Crippen LogP contribution in [-0.2, 0) is 13.6 Å². The van der Waals surface area contributed by atoms with Gasteiger partial charge in [0.25, 0.3) is 0 Å². The number of piperidine rings is 1. The van der Waals surface area contributed by atoms with Crippen molar-refractivity contribution < 1.29 is 4.39 Å². The van der Waals surface area contributed by atoms with Crippen LogP contribution in [0.1, 0.15) is 30.0 Å². The van der Waals surface area contributed by atoms with Crippen LogP contribution in [0.25, 0.3) is 11.2 Å². The van der Waals surface area contributed by atoms with Crippen LogP contribution in [0.3, 0.4) is 0 Å². The van der Waals surface area contributed by atoms with Crippen molar-refractivity contribution in [3.63, 3.8) is 0 Å². The number of hydrogen-bond acceptors (Lipinski definition) is 4. The number of likely N-dealkylation sites (tertiary alicyclic amines) is 1. The number of rotatable bonds is 3. The number of benzene rings is 1. The third-order valence-electron chi connectivity index (χ3n) is 4.73. The van der Waals surface area contributed by atoms with Gasteiger partial charge in [-0.25, -0.2) is 19.0 Å². The molecule has 24 heavy (non-hydrogen) atoms. The molecule has 124 valence electrons. The molecule has 0 amide bonds. The van der Waals surface area contributed by atoms with Gasteiger partial charge in [0.2, 0.25) is 0 Å². The fourth-order valence-corrected chi connectivity index (χ4v) is 3.57. The molecule has 0 N–H and O–H groups in total. The topological polar surface area (TPSA) is 46.8 Å². The summed E-state index contributed by atoms with van der Waals surface area (Å²) in [5.41, 5.74) is 3.47. The Morgan fingerprint density at radius 3 is 2.92 bits per heavy atom. The fraction of sp³-hybridized carbons (Fsp3) is 0.389. The summed E-state index contributed by atoms with van der Waals surface area (Å²) >= 11 is 0. The highest BCUT2D eigenvalue weighted by molar-refractivity contribution is 5.73. The SMILES string of the molecule is Cn1nc([C@H]2CCCN(Cc3ccccc3F)C2)c2nccnc21. The quantitative estimate of drug-likeness (QED) is 0.743. The minimum Gasteiger partial charge on any atom is -0.298 e. The maximum Gasteiger partial charge on any atom is 0.176 e. The Bertz CT molecular complexity index is 859. The van der Waals surface area contributed by atoms with E-state index in [1.807, 2.05) is 19.2 Å². The first-order chi connectivity index (χ1) is 11.7. The van der Waals surface area contributed by atoms with Gasteiger partial charge in [0.1, 0.15) is 11.3 Å². The monoisotopic (exact) mass is 325 g/mol. The number of nitrogens with zero attached hydrogens (tertiary/aromatic N) is 5. The van der Waals surface area contributed by atoms with Crippen LogP contribution < -0.4 is 0 Å². The van der Waals surface area contributed by atoms with Gasteiger partial charge in [0, 0.05) is 44.0 Å². The molecule has 6 heteroatoms. The number of fused-ring (bicyclic) bond motifs is 1. The van der Waals surface area contributed by atoms with Gasteiger partial charge in [0.05, 0.1) is 5.69 Å². The van der Waals surface area contributed by atoms with E-state index < -0.39 is 0 Å². The predicted molar refractivity (Wildman–Crippen MR) is 90.0 cm³/mol. The minimum absolute atomic E-state index is 0.131. The summed E-state index contributed by atoms with van der Waals surface area (Å²) in [6.07, 6.45) is 5.57. The van der Waals surface area contributed by atoms with Gasteiger partial charge >= 0.3 is 0 Å². The Hall–Kier alpha value is -2.34. The predicted octanol–water partition coefficient (Wildman–Crippen LogP) is 2.88. The van der Waals surface area contributed by atoms with E-state index in [0.29, 0.717) is 12.5 Å². The molecule has 3 aromatic rings. The molecule has 3 heterocycles. The molecule has 1 aromatic carbocycles. The summed E-state index contributed by atoms with van der Waals surface area (Å²) in [4.78, 5) is 11.2. The van der Waals surface area contributed by atoms with E-state index in [4.69, 9.17) is 0 Å². The van der Waals surface area contributed by atoms with Crippen LogP contribution in [-0.4, -0.2) is 37.7 Å². The van der Waals surface area contributed by atoms with E-state index in [0.717, 1.165) is 48.4 Å². The normalized spacial score (nSPS) is 19.0. The van der Waals surface area contributed by atoms with Gasteiger partial charge in [0.15, 0.2) is 5.65 Å². The van der Waals surface area contributed by atoms with E-state index in [9.17, 15) is 4.39 Å². The van der Waals surface area contributed by atoms with Crippen LogP contribution in [0.15, 0.2) is 36.7 Å². The lowest BCUT2D eigenvalue weighted by molar-refractivity contribution is 0.196. The molecular weight excluding hydrogens is 305 g/mol. The number of aryl methyl sites for hydroxylation is 1. The van der Waals surface area contributed by atoms with Crippen LogP contribution in [0, 0.1) is 5.82 Å². The lowest BCUT2D eigenvalue weighted by atomic mass is 9.94. The fourth-order valence-electron chi connectivity index (χ4n) is 3.57. The second-order valence-electron chi connectivity index (χ2n) is 6.40. The molecule has 1 atom stereocenters. The maximum absolute atomic E-state index is 13.9. The first-order valence-corrected chi connectivity index (χ1v) is 8.32. The largest absolute Gasteiger partial charge is 0.298 e. The smallest absolute Gasteiger partial charge is 0.176 e. The molecule has 5 nitrogen and oxygen atoms in total. The Morgan fingerprint density at radius 1 is 1.21 bits per heavy atom. The van der Waals surface area contributed by atoms with E-state index in [-0.39, 0.29) is 5.82 Å². The van der Waals surface area contributed by atoms with Crippen molar-refractivity contribution in [2.45, 2.75) is 25.3 Å². The van der Waals surface area contributed by atoms with E-state index in [2.05, 4.69) is 20.0 Å². The highest BCUT2D eigenvalue weighted by Gasteiger charge is 2.26. The average Bonchev–Trinajstić information content (AvgIpc) is 2.95. The lowest BCUT2D eigenvalue weighted by Gasteiger charge is -2.32. The molecule has 1 aliphatic rings. The highest BCUT2D eigenvalue weighted by Crippen LogP contribution is 2.30. The number of halogens is 1. The first-order valence-electron chi connectivity index (χ1n) is 8.32. The standard InChI is InChI=1S/C18H20FN5/c1-23-18-17(20-8-9-21-18)16(22-23)14-6-4-10-24(12-14)11-13-5-2-3-7-15(13)19/h2-3,5,7-9,14H,4,6,10-12H2,1H3/t14-/m0/s1. The summed E-state index contributed by atoms with van der Waals surface area (Å²) < 4.78 is 15.7. The van der Waals surface area contributed by atoms with E-state index in [1.54, 1.807) is 23.1 Å². The average molecular weight is 325 g/mol. The van der Waals surface area contributed by atoms with Gasteiger partial charge in [-0.3, -0.25) is 4.90 Å². The van der Waals surface area contributed by atoms with Crippen LogP contribution in [0.5, 0.6) is 0 Å². The van der Waals surface area contributed by atoms with Gasteiger partial charge < -0.3 is 0 Å². The lowest BCUT2D eigenvalue weighted by Crippen LogP contribution is -2.34. The Kier molecular flexibility index (Phi) is 3.98. The summed E-state index contributed by atoms with van der Waals surface area (Å²) in [5.74, 6) is 0.180. The van der Waals surface area contributed by atoms with Crippen molar-refractivity contribution in [1.82, 2.24) is 24.6 Å². The molecule has 0 bridgehead atoms. The molecule has 1 saturated heterocycles. The molecule has 1 fully saturated rings. The molecule has 0 aliphatic carbocycles. The van der Waals surface area contributed by atoms with Gasteiger partial charge in [-0.1, -0.05) is 18.2 Å². The summed E-state index contributed by atoms with van der Waals surface area (Å²) in [5, 5.41) is 4.66. The second-order valence-corrected chi connectivity index (χ2v) is 6.40. The minimum atomic E-state index is -0.131. The molecular formula is C18H20FN5. The van der Waals surface area contributed by atoms with Crippen molar-refractivity contribution in [2.75, 3.05) is 13.1 Å². The Labute approximate surface area is 140 Å². The summed E-state index contributed by atoms with van der Waals surface area (Å²) in [6.45, 7) is 2.50. The van der Waals surface area contributed by atoms with Crippen molar-refractivity contribution in [1.29, 1.82) is 0 Å². The van der Waals surface area contributed by atoms with Crippen LogP contribution in [0.2, 0.25) is 0 Å². The molecule has 0 radical (unpaired) electrons. The zero-order chi connectivity index (χ0) is 16.5. The second kappa shape index (κ2) is 6.28. The van der Waals surface area contributed by atoms with Crippen molar-refractivity contribution in [3.8, 4) is 0 Å². The Morgan fingerprint density at radius 2 is 2.04 bits per heavy atom. The van der Waals surface area contributed by atoms with Gasteiger partial charge in [-0.2, -0.15) is 5.10 Å². The third kappa shape index (κ3) is 2.78. The molecule has 2 aromatic heterocycles. The third-order valence-corrected chi connectivity index (χ3v) is 4.73. The van der Waals surface area contributed by atoms with Gasteiger partial charge in [-0.15, -0.1) is 0 Å². The Balaban J connectivity index is 1.57. The zero-order valence-corrected chi connectivity index (χ0v) is 13.7. The van der Waals surface area contributed by atoms with E-state index >= 15 is 0 Å². The first kappa shape index (κ1) is 15.2. The van der Waals surface area contributed by atoms with Gasteiger partial charge in [-0.05, 0) is 25.5 Å². The molecule has 0 saturated carbocycles. The molecule has 1 aliphatic heterocycles. The van der Waals surface area contributed by atoms with Crippen molar-refractivity contribution in [3.05, 3.63) is 53.7 Å². The summed E-state index contributed by atoms with van der Waals surface area (Å²) in [7, 11) is 1.90. The number of hydrogen-bond donors (Lipinski definition) is 0. The van der Waals surface area contributed by atoms with E-state index in [1.165, 1.54) is 6.07 Å². The van der Waals surface area contributed by atoms with Crippen LogP contribution >= 0.6 is 0 Å². The summed E-state index contributed by atoms with van der Waals surface area (Å²) in [6, 6.07) is 7.01. The molecule has 4 rings (SSSR count). The van der Waals surface area contributed by atoms with Crippen LogP contribution in [0.4, 0.5) is 4.39 Å². The maximum atomic E-state index is 13.9. The van der Waals surface area contributed by atoms with Crippen molar-refractivity contribution >= 4 is 11.2 Å². The van der Waals surface area contributed by atoms with Crippen molar-refractivity contribution in [2.24, 2.45) is 7.05 Å². The molecule has 0 spiro atoms.